The van der Waals surface area contributed by atoms with E-state index in [1.54, 1.807) is 0 Å². The van der Waals surface area contributed by atoms with Gasteiger partial charge in [0, 0.05) is 39.5 Å². The zero-order valence-corrected chi connectivity index (χ0v) is 37.1. The van der Waals surface area contributed by atoms with Crippen molar-refractivity contribution in [2.75, 3.05) is 9.80 Å². The minimum absolute atomic E-state index is 0.107. The number of rotatable bonds is 10. The van der Waals surface area contributed by atoms with E-state index < -0.39 is 8.07 Å². The molecule has 0 bridgehead atoms. The van der Waals surface area contributed by atoms with Crippen molar-refractivity contribution in [2.45, 2.75) is 19.3 Å². The van der Waals surface area contributed by atoms with Gasteiger partial charge in [-0.1, -0.05) is 196 Å². The summed E-state index contributed by atoms with van der Waals surface area (Å²) in [5, 5.41) is 7.76. The molecule has 0 atom stereocenters. The van der Waals surface area contributed by atoms with E-state index in [1.807, 2.05) is 0 Å². The third-order valence-electron chi connectivity index (χ3n) is 13.4. The van der Waals surface area contributed by atoms with Crippen LogP contribution >= 0.6 is 0 Å². The zero-order chi connectivity index (χ0) is 43.1. The molecule has 10 aromatic carbocycles. The van der Waals surface area contributed by atoms with Gasteiger partial charge in [0.25, 0.3) is 0 Å². The summed E-state index contributed by atoms with van der Waals surface area (Å²) in [7, 11) is -2.95. The maximum Gasteiger partial charge on any atom is 0.179 e. The molecule has 2 nitrogen and oxygen atoms in total. The van der Waals surface area contributed by atoms with Gasteiger partial charge in [-0.15, -0.1) is 0 Å². The van der Waals surface area contributed by atoms with E-state index in [2.05, 4.69) is 278 Å². The molecular weight excluding hydrogens is 789 g/mol. The molecule has 0 heterocycles. The van der Waals surface area contributed by atoms with Crippen LogP contribution in [0.25, 0.3) is 21.9 Å². The van der Waals surface area contributed by atoms with Crippen LogP contribution in [0.1, 0.15) is 25.0 Å². The lowest BCUT2D eigenvalue weighted by atomic mass is 9.82. The van der Waals surface area contributed by atoms with E-state index in [9.17, 15) is 0 Å². The minimum atomic E-state index is -2.95. The Morgan fingerprint density at radius 2 is 0.703 bits per heavy atom. The Hall–Kier alpha value is -7.72. The van der Waals surface area contributed by atoms with Crippen molar-refractivity contribution in [1.82, 2.24) is 0 Å². The molecule has 0 radical (unpaired) electrons. The predicted octanol–water partition coefficient (Wildman–Crippen LogP) is 13.5. The van der Waals surface area contributed by atoms with E-state index in [1.165, 1.54) is 53.8 Å². The second-order valence-electron chi connectivity index (χ2n) is 17.4. The van der Waals surface area contributed by atoms with Crippen LogP contribution in [-0.2, 0) is 5.41 Å². The van der Waals surface area contributed by atoms with Crippen LogP contribution in [0.5, 0.6) is 0 Å². The average Bonchev–Trinajstić information content (AvgIpc) is 3.59. The normalized spacial score (nSPS) is 12.7. The van der Waals surface area contributed by atoms with Crippen molar-refractivity contribution in [1.29, 1.82) is 0 Å². The third kappa shape index (κ3) is 6.64. The highest BCUT2D eigenvalue weighted by Crippen LogP contribution is 2.50. The largest absolute Gasteiger partial charge is 0.310 e. The number of para-hydroxylation sites is 2. The van der Waals surface area contributed by atoms with E-state index in [-0.39, 0.29) is 5.41 Å². The lowest BCUT2D eigenvalue weighted by Gasteiger charge is -2.36. The summed E-state index contributed by atoms with van der Waals surface area (Å²) in [6.45, 7) is 4.72. The van der Waals surface area contributed by atoms with Gasteiger partial charge in [0.1, 0.15) is 0 Å². The molecule has 1 aliphatic rings. The molecule has 0 spiro atoms. The second kappa shape index (κ2) is 16.2. The maximum absolute atomic E-state index is 2.95. The first-order chi connectivity index (χ1) is 31.5. The van der Waals surface area contributed by atoms with Crippen molar-refractivity contribution < 1.29 is 0 Å². The smallest absolute Gasteiger partial charge is 0.179 e. The van der Waals surface area contributed by atoms with Gasteiger partial charge in [0.15, 0.2) is 8.07 Å². The van der Waals surface area contributed by atoms with E-state index in [0.29, 0.717) is 0 Å². The van der Waals surface area contributed by atoms with Gasteiger partial charge in [-0.05, 0) is 127 Å². The molecule has 0 saturated heterocycles. The summed E-state index contributed by atoms with van der Waals surface area (Å²) < 4.78 is 0. The number of benzene rings is 10. The number of hydrogen-bond donors (Lipinski definition) is 0. The Balaban J connectivity index is 1.09. The number of hydrogen-bond acceptors (Lipinski definition) is 2. The van der Waals surface area contributed by atoms with Crippen molar-refractivity contribution in [3.63, 3.8) is 0 Å². The third-order valence-corrected chi connectivity index (χ3v) is 18.1. The van der Waals surface area contributed by atoms with Crippen LogP contribution < -0.4 is 30.5 Å². The minimum Gasteiger partial charge on any atom is -0.310 e. The second-order valence-corrected chi connectivity index (χ2v) is 21.2. The molecular formula is C61H48N2Si. The zero-order valence-electron chi connectivity index (χ0n) is 36.1. The molecule has 0 fully saturated rings. The molecule has 11 rings (SSSR count). The molecule has 0 aliphatic heterocycles. The van der Waals surface area contributed by atoms with E-state index >= 15 is 0 Å². The molecule has 0 saturated carbocycles. The Morgan fingerprint density at radius 1 is 0.281 bits per heavy atom. The average molecular weight is 837 g/mol. The SMILES string of the molecule is CC1(C)c2ccccc2-c2ccc(N(c3ccccc3)c3ccc([Si](c4ccccc4)(c4ccccc4)c4cccc(N(c5ccccc5)c5ccc6ccccc6c5)c4)cc3)cc21. The van der Waals surface area contributed by atoms with Crippen molar-refractivity contribution >= 4 is 73.7 Å². The monoisotopic (exact) mass is 836 g/mol. The molecule has 0 N–H and O–H groups in total. The summed E-state index contributed by atoms with van der Waals surface area (Å²) in [6, 6.07) is 94.2. The highest BCUT2D eigenvalue weighted by Gasteiger charge is 2.42. The molecule has 0 unspecified atom stereocenters. The summed E-state index contributed by atoms with van der Waals surface area (Å²) in [4.78, 5) is 4.82. The fourth-order valence-electron chi connectivity index (χ4n) is 10.3. The Bertz CT molecular complexity index is 3200. The quantitative estimate of drug-likeness (QED) is 0.100. The molecule has 0 amide bonds. The van der Waals surface area contributed by atoms with Gasteiger partial charge in [0.05, 0.1) is 0 Å². The molecule has 3 heteroatoms. The molecule has 1 aliphatic carbocycles. The van der Waals surface area contributed by atoms with Crippen molar-refractivity contribution in [3.05, 3.63) is 266 Å². The van der Waals surface area contributed by atoms with Gasteiger partial charge in [0.2, 0.25) is 0 Å². The first-order valence-electron chi connectivity index (χ1n) is 22.3. The lowest BCUT2D eigenvalue weighted by molar-refractivity contribution is 0.660. The highest BCUT2D eigenvalue weighted by atomic mass is 28.3. The standard InChI is InChI=1S/C61H48N2Si/c1-61(2)59-33-18-17-32-57(59)58-41-38-52(44-60(58)61)62(47-22-7-3-8-23-47)49-36-39-55(40-37-49)64(53-27-11-5-12-28-53,54-29-13-6-14-30-54)56-31-19-26-50(43-56)63(48-24-9-4-10-25-48)51-35-34-45-20-15-16-21-46(45)42-51/h3-44H,1-2H3. The summed E-state index contributed by atoms with van der Waals surface area (Å²) in [5.41, 5.74) is 12.0. The van der Waals surface area contributed by atoms with Crippen molar-refractivity contribution in [2.24, 2.45) is 0 Å². The number of nitrogens with zero attached hydrogens (tertiary/aromatic N) is 2. The Kier molecular flexibility index (Phi) is 9.91. The topological polar surface area (TPSA) is 6.48 Å². The Morgan fingerprint density at radius 3 is 1.36 bits per heavy atom. The highest BCUT2D eigenvalue weighted by molar-refractivity contribution is 7.20. The molecule has 0 aromatic heterocycles. The fraction of sp³-hybridized carbons (Fsp3) is 0.0492. The van der Waals surface area contributed by atoms with Crippen molar-refractivity contribution in [3.8, 4) is 11.1 Å². The predicted molar refractivity (Wildman–Crippen MR) is 274 cm³/mol. The lowest BCUT2D eigenvalue weighted by Crippen LogP contribution is -2.74. The Labute approximate surface area is 378 Å². The first-order valence-corrected chi connectivity index (χ1v) is 24.3. The van der Waals surface area contributed by atoms with Gasteiger partial charge < -0.3 is 9.80 Å². The molecule has 64 heavy (non-hydrogen) atoms. The first kappa shape index (κ1) is 39.1. The maximum atomic E-state index is 2.46. The molecule has 10 aromatic rings. The van der Waals surface area contributed by atoms with E-state index in [4.69, 9.17) is 0 Å². The fourth-order valence-corrected chi connectivity index (χ4v) is 15.1. The van der Waals surface area contributed by atoms with Crippen LogP contribution in [-0.4, -0.2) is 8.07 Å². The van der Waals surface area contributed by atoms with Crippen LogP contribution in [0.4, 0.5) is 34.1 Å². The summed E-state index contributed by atoms with van der Waals surface area (Å²) >= 11 is 0. The van der Waals surface area contributed by atoms with Crippen LogP contribution in [0.2, 0.25) is 0 Å². The summed E-state index contributed by atoms with van der Waals surface area (Å²) in [6.07, 6.45) is 0. The summed E-state index contributed by atoms with van der Waals surface area (Å²) in [5.74, 6) is 0. The van der Waals surface area contributed by atoms with Crippen LogP contribution in [0.3, 0.4) is 0 Å². The van der Waals surface area contributed by atoms with Gasteiger partial charge >= 0.3 is 0 Å². The van der Waals surface area contributed by atoms with Crippen LogP contribution in [0.15, 0.2) is 255 Å². The van der Waals surface area contributed by atoms with Gasteiger partial charge in [-0.3, -0.25) is 0 Å². The number of anilines is 6. The molecule has 306 valence electrons. The van der Waals surface area contributed by atoms with Gasteiger partial charge in [-0.2, -0.15) is 0 Å². The van der Waals surface area contributed by atoms with Gasteiger partial charge in [-0.25, -0.2) is 0 Å². The van der Waals surface area contributed by atoms with E-state index in [0.717, 1.165) is 34.1 Å². The number of fused-ring (bicyclic) bond motifs is 4. The van der Waals surface area contributed by atoms with Crippen LogP contribution in [0, 0.1) is 0 Å².